The summed E-state index contributed by atoms with van der Waals surface area (Å²) in [4.78, 5) is 25.3. The Labute approximate surface area is 194 Å². The number of aliphatic hydroxyl groups excluding tert-OH is 1. The predicted molar refractivity (Wildman–Crippen MR) is 127 cm³/mol. The number of halogens is 1. The zero-order valence-electron chi connectivity index (χ0n) is 19.0. The molecular weight excluding hydrogens is 423 g/mol. The molecule has 1 saturated carbocycles. The molecule has 178 valence electrons. The van der Waals surface area contributed by atoms with Crippen molar-refractivity contribution < 1.29 is 20.5 Å². The smallest absolute Gasteiger partial charge is 0.305 e. The van der Waals surface area contributed by atoms with Gasteiger partial charge in [0.25, 0.3) is 0 Å². The zero-order chi connectivity index (χ0) is 23.2. The standard InChI is InChI=1S/C16H15FN4.C9H16O3.H2/c17-12-4-5-13-14(9-12)20-16(19-13)11-3-6-15(18-10-11)21-7-1-2-8-21;1-12-9(11)6-7-2-4-8(10)5-3-7;/h3-6,9-10H,1-2,7-8H2,(H,19,20);7-8,10H,2-6H2,1H3;1H. The molecule has 3 heterocycles. The van der Waals surface area contributed by atoms with Crippen molar-refractivity contribution in [1.29, 1.82) is 0 Å². The van der Waals surface area contributed by atoms with Gasteiger partial charge in [-0.1, -0.05) is 0 Å². The van der Waals surface area contributed by atoms with Gasteiger partial charge in [0.05, 0.1) is 24.2 Å². The van der Waals surface area contributed by atoms with Crippen LogP contribution >= 0.6 is 0 Å². The van der Waals surface area contributed by atoms with Crippen LogP contribution in [0, 0.1) is 11.7 Å². The number of anilines is 1. The van der Waals surface area contributed by atoms with Gasteiger partial charge in [0, 0.05) is 32.7 Å². The molecule has 0 bridgehead atoms. The number of hydrogen-bond donors (Lipinski definition) is 2. The van der Waals surface area contributed by atoms with Crippen LogP contribution < -0.4 is 4.90 Å². The molecule has 8 heteroatoms. The SMILES string of the molecule is COC(=O)CC1CCC(O)CC1.Fc1ccc2nc(-c3ccc(N4CCCC4)nc3)[nH]c2c1.[HH]. The predicted octanol–water partition coefficient (Wildman–Crippen LogP) is 4.71. The summed E-state index contributed by atoms with van der Waals surface area (Å²) in [5.41, 5.74) is 2.37. The number of fused-ring (bicyclic) bond motifs is 1. The molecule has 33 heavy (non-hydrogen) atoms. The minimum absolute atomic E-state index is 0. The van der Waals surface area contributed by atoms with Crippen molar-refractivity contribution in [3.05, 3.63) is 42.3 Å². The largest absolute Gasteiger partial charge is 0.469 e. The van der Waals surface area contributed by atoms with Gasteiger partial charge < -0.3 is 19.7 Å². The maximum absolute atomic E-state index is 13.2. The Morgan fingerprint density at radius 3 is 2.64 bits per heavy atom. The number of benzene rings is 1. The third-order valence-corrected chi connectivity index (χ3v) is 6.39. The minimum Gasteiger partial charge on any atom is -0.469 e. The maximum Gasteiger partial charge on any atom is 0.305 e. The number of carbonyl (C=O) groups excluding carboxylic acids is 1. The number of esters is 1. The number of nitrogens with zero attached hydrogens (tertiary/aromatic N) is 3. The van der Waals surface area contributed by atoms with E-state index in [0.717, 1.165) is 61.5 Å². The van der Waals surface area contributed by atoms with Crippen LogP contribution in [0.25, 0.3) is 22.4 Å². The summed E-state index contributed by atoms with van der Waals surface area (Å²) < 4.78 is 17.8. The summed E-state index contributed by atoms with van der Waals surface area (Å²) in [6.07, 6.45) is 8.25. The molecule has 2 aromatic heterocycles. The quantitative estimate of drug-likeness (QED) is 0.553. The van der Waals surface area contributed by atoms with Gasteiger partial charge in [-0.2, -0.15) is 0 Å². The Morgan fingerprint density at radius 1 is 1.21 bits per heavy atom. The second kappa shape index (κ2) is 10.7. The highest BCUT2D eigenvalue weighted by atomic mass is 19.1. The Hall–Kier alpha value is -3.00. The lowest BCUT2D eigenvalue weighted by Crippen LogP contribution is -2.20. The summed E-state index contributed by atoms with van der Waals surface area (Å²) in [5.74, 6) is 1.77. The third-order valence-electron chi connectivity index (χ3n) is 6.39. The van der Waals surface area contributed by atoms with E-state index in [0.29, 0.717) is 17.9 Å². The summed E-state index contributed by atoms with van der Waals surface area (Å²) in [5, 5.41) is 9.20. The molecular formula is C25H33FN4O3. The number of imidazole rings is 1. The monoisotopic (exact) mass is 456 g/mol. The van der Waals surface area contributed by atoms with Crippen LogP contribution in [-0.2, 0) is 9.53 Å². The summed E-state index contributed by atoms with van der Waals surface area (Å²) in [6.45, 7) is 2.16. The van der Waals surface area contributed by atoms with E-state index in [2.05, 4.69) is 24.6 Å². The van der Waals surface area contributed by atoms with Gasteiger partial charge in [0.1, 0.15) is 17.5 Å². The summed E-state index contributed by atoms with van der Waals surface area (Å²) in [6, 6.07) is 8.58. The van der Waals surface area contributed by atoms with Gasteiger partial charge in [-0.15, -0.1) is 0 Å². The topological polar surface area (TPSA) is 91.3 Å². The first-order valence-electron chi connectivity index (χ1n) is 11.6. The number of methoxy groups -OCH3 is 1. The number of aromatic amines is 1. The van der Waals surface area contributed by atoms with Crippen molar-refractivity contribution in [2.75, 3.05) is 25.1 Å². The minimum atomic E-state index is -0.264. The lowest BCUT2D eigenvalue weighted by molar-refractivity contribution is -0.142. The van der Waals surface area contributed by atoms with Crippen molar-refractivity contribution in [3.8, 4) is 11.4 Å². The molecule has 0 spiro atoms. The molecule has 2 fully saturated rings. The Morgan fingerprint density at radius 2 is 1.97 bits per heavy atom. The van der Waals surface area contributed by atoms with Gasteiger partial charge in [-0.3, -0.25) is 4.79 Å². The highest BCUT2D eigenvalue weighted by molar-refractivity contribution is 5.79. The van der Waals surface area contributed by atoms with Crippen molar-refractivity contribution >= 4 is 22.8 Å². The third kappa shape index (κ3) is 6.07. The van der Waals surface area contributed by atoms with E-state index in [1.165, 1.54) is 32.1 Å². The Bertz CT molecular complexity index is 1060. The highest BCUT2D eigenvalue weighted by Gasteiger charge is 2.21. The van der Waals surface area contributed by atoms with Gasteiger partial charge in [0.15, 0.2) is 0 Å². The van der Waals surface area contributed by atoms with Crippen LogP contribution in [0.2, 0.25) is 0 Å². The van der Waals surface area contributed by atoms with E-state index >= 15 is 0 Å². The molecule has 1 saturated heterocycles. The Kier molecular flexibility index (Phi) is 7.54. The number of ether oxygens (including phenoxy) is 1. The highest BCUT2D eigenvalue weighted by Crippen LogP contribution is 2.27. The van der Waals surface area contributed by atoms with E-state index in [4.69, 9.17) is 0 Å². The molecule has 0 radical (unpaired) electrons. The molecule has 1 aliphatic carbocycles. The normalized spacial score (nSPS) is 20.4. The molecule has 2 aliphatic rings. The van der Waals surface area contributed by atoms with E-state index < -0.39 is 0 Å². The first-order valence-corrected chi connectivity index (χ1v) is 11.6. The fraction of sp³-hybridized carbons (Fsp3) is 0.480. The molecule has 3 aromatic rings. The van der Waals surface area contributed by atoms with Crippen molar-refractivity contribution in [3.63, 3.8) is 0 Å². The van der Waals surface area contributed by atoms with Crippen LogP contribution in [0.15, 0.2) is 36.5 Å². The number of hydrogen-bond acceptors (Lipinski definition) is 6. The van der Waals surface area contributed by atoms with E-state index in [1.807, 2.05) is 18.3 Å². The number of carbonyl (C=O) groups is 1. The number of rotatable bonds is 4. The number of aromatic nitrogens is 3. The molecule has 5 rings (SSSR count). The molecule has 1 aromatic carbocycles. The number of H-pyrrole nitrogens is 1. The summed E-state index contributed by atoms with van der Waals surface area (Å²) in [7, 11) is 1.42. The number of aliphatic hydroxyl groups is 1. The Balaban J connectivity index is 0.000000215. The fourth-order valence-corrected chi connectivity index (χ4v) is 4.45. The first kappa shape index (κ1) is 23.2. The van der Waals surface area contributed by atoms with Gasteiger partial charge >= 0.3 is 5.97 Å². The zero-order valence-corrected chi connectivity index (χ0v) is 19.0. The molecule has 7 nitrogen and oxygen atoms in total. The van der Waals surface area contributed by atoms with Crippen LogP contribution in [0.1, 0.15) is 46.4 Å². The second-order valence-electron chi connectivity index (χ2n) is 8.80. The molecule has 0 atom stereocenters. The molecule has 0 unspecified atom stereocenters. The van der Waals surface area contributed by atoms with E-state index in [9.17, 15) is 14.3 Å². The van der Waals surface area contributed by atoms with Crippen molar-refractivity contribution in [2.45, 2.75) is 51.0 Å². The number of pyridine rings is 1. The lowest BCUT2D eigenvalue weighted by Gasteiger charge is -2.24. The van der Waals surface area contributed by atoms with E-state index in [-0.39, 0.29) is 19.3 Å². The van der Waals surface area contributed by atoms with Crippen LogP contribution in [0.3, 0.4) is 0 Å². The first-order chi connectivity index (χ1) is 16.0. The van der Waals surface area contributed by atoms with Crippen LogP contribution in [0.5, 0.6) is 0 Å². The summed E-state index contributed by atoms with van der Waals surface area (Å²) >= 11 is 0. The molecule has 0 amide bonds. The van der Waals surface area contributed by atoms with Crippen molar-refractivity contribution in [1.82, 2.24) is 15.0 Å². The second-order valence-corrected chi connectivity index (χ2v) is 8.80. The van der Waals surface area contributed by atoms with Gasteiger partial charge in [0.2, 0.25) is 0 Å². The maximum atomic E-state index is 13.2. The van der Waals surface area contributed by atoms with Gasteiger partial charge in [-0.05, 0) is 74.8 Å². The van der Waals surface area contributed by atoms with Crippen LogP contribution in [-0.4, -0.2) is 52.3 Å². The van der Waals surface area contributed by atoms with E-state index in [1.54, 1.807) is 6.07 Å². The molecule has 1 aliphatic heterocycles. The van der Waals surface area contributed by atoms with Crippen molar-refractivity contribution in [2.24, 2.45) is 5.92 Å². The van der Waals surface area contributed by atoms with Crippen LogP contribution in [0.4, 0.5) is 10.2 Å². The average molecular weight is 457 g/mol. The average Bonchev–Trinajstić information content (AvgIpc) is 3.51. The molecule has 2 N–H and O–H groups in total. The lowest BCUT2D eigenvalue weighted by atomic mass is 9.85. The van der Waals surface area contributed by atoms with Gasteiger partial charge in [-0.25, -0.2) is 14.4 Å². The fourth-order valence-electron chi connectivity index (χ4n) is 4.45. The number of nitrogens with one attached hydrogen (secondary N) is 1.